The van der Waals surface area contributed by atoms with Crippen molar-refractivity contribution in [1.29, 1.82) is 0 Å². The van der Waals surface area contributed by atoms with Gasteiger partial charge >= 0.3 is 0 Å². The number of sulfonamides is 1. The normalized spacial score (nSPS) is 16.1. The molecule has 0 bridgehead atoms. The third-order valence-corrected chi connectivity index (χ3v) is 7.96. The number of primary amides is 1. The molecule has 32 heavy (non-hydrogen) atoms. The summed E-state index contributed by atoms with van der Waals surface area (Å²) in [5.74, 6) is -0.264. The third-order valence-electron chi connectivity index (χ3n) is 6.11. The van der Waals surface area contributed by atoms with Crippen LogP contribution < -0.4 is 5.73 Å². The summed E-state index contributed by atoms with van der Waals surface area (Å²) < 4.78 is 26.9. The molecule has 1 aliphatic heterocycles. The number of nitrogens with two attached hydrogens (primary N) is 1. The van der Waals surface area contributed by atoms with Crippen molar-refractivity contribution in [1.82, 2.24) is 19.4 Å². The summed E-state index contributed by atoms with van der Waals surface area (Å²) in [4.78, 5) is 14.0. The number of aromatic amines is 1. The predicted octanol–water partition coefficient (Wildman–Crippen LogP) is 2.40. The Balaban J connectivity index is 1.62. The van der Waals surface area contributed by atoms with Gasteiger partial charge in [0.15, 0.2) is 0 Å². The van der Waals surface area contributed by atoms with Gasteiger partial charge in [-0.3, -0.25) is 9.89 Å². The van der Waals surface area contributed by atoms with Gasteiger partial charge in [-0.1, -0.05) is 30.3 Å². The van der Waals surface area contributed by atoms with Gasteiger partial charge < -0.3 is 10.6 Å². The number of carbonyl (C=O) groups excluding carboxylic acids is 1. The molecule has 0 saturated carbocycles. The lowest BCUT2D eigenvalue weighted by atomic mass is 9.90. The molecule has 1 aliphatic rings. The second-order valence-electron chi connectivity index (χ2n) is 8.58. The van der Waals surface area contributed by atoms with Crippen LogP contribution in [0.15, 0.2) is 42.5 Å². The van der Waals surface area contributed by atoms with Crippen LogP contribution in [0, 0.1) is 0 Å². The highest BCUT2D eigenvalue weighted by atomic mass is 32.2. The first-order valence-corrected chi connectivity index (χ1v) is 12.4. The van der Waals surface area contributed by atoms with Crippen LogP contribution in [-0.4, -0.2) is 73.2 Å². The molecule has 9 heteroatoms. The molecule has 1 fully saturated rings. The van der Waals surface area contributed by atoms with E-state index >= 15 is 0 Å². The summed E-state index contributed by atoms with van der Waals surface area (Å²) >= 11 is 0. The maximum atomic E-state index is 12.6. The lowest BCUT2D eigenvalue weighted by Gasteiger charge is -2.31. The van der Waals surface area contributed by atoms with Crippen molar-refractivity contribution in [2.24, 2.45) is 5.73 Å². The number of benzene rings is 2. The van der Waals surface area contributed by atoms with E-state index in [9.17, 15) is 13.2 Å². The second-order valence-corrected chi connectivity index (χ2v) is 10.7. The highest BCUT2D eigenvalue weighted by molar-refractivity contribution is 7.89. The molecule has 1 saturated heterocycles. The molecule has 3 aromatic rings. The minimum absolute atomic E-state index is 0.125. The minimum atomic E-state index is -3.27. The minimum Gasteiger partial charge on any atom is -0.366 e. The molecule has 0 unspecified atom stereocenters. The van der Waals surface area contributed by atoms with Crippen molar-refractivity contribution in [3.63, 3.8) is 0 Å². The zero-order valence-electron chi connectivity index (χ0n) is 18.4. The predicted molar refractivity (Wildman–Crippen MR) is 126 cm³/mol. The molecule has 0 radical (unpaired) electrons. The molecule has 1 aromatic heterocycles. The summed E-state index contributed by atoms with van der Waals surface area (Å²) in [5.41, 5.74) is 9.43. The first kappa shape index (κ1) is 22.4. The maximum Gasteiger partial charge on any atom is 0.251 e. The van der Waals surface area contributed by atoms with E-state index in [4.69, 9.17) is 5.73 Å². The van der Waals surface area contributed by atoms with Crippen molar-refractivity contribution < 1.29 is 13.2 Å². The Kier molecular flexibility index (Phi) is 6.32. The zero-order chi connectivity index (χ0) is 22.9. The highest BCUT2D eigenvalue weighted by Crippen LogP contribution is 2.35. The van der Waals surface area contributed by atoms with Gasteiger partial charge in [0.25, 0.3) is 5.91 Å². The maximum absolute atomic E-state index is 12.6. The number of hydrogen-bond acceptors (Lipinski definition) is 5. The summed E-state index contributed by atoms with van der Waals surface area (Å²) in [6.07, 6.45) is 1.39. The lowest BCUT2D eigenvalue weighted by molar-refractivity contribution is 0.100. The van der Waals surface area contributed by atoms with Crippen LogP contribution >= 0.6 is 0 Å². The highest BCUT2D eigenvalue weighted by Gasteiger charge is 2.30. The fourth-order valence-corrected chi connectivity index (χ4v) is 5.90. The van der Waals surface area contributed by atoms with Crippen LogP contribution in [-0.2, 0) is 10.0 Å². The van der Waals surface area contributed by atoms with Crippen molar-refractivity contribution >= 4 is 26.8 Å². The van der Waals surface area contributed by atoms with E-state index in [1.54, 1.807) is 10.4 Å². The Morgan fingerprint density at radius 1 is 1.16 bits per heavy atom. The summed E-state index contributed by atoms with van der Waals surface area (Å²) in [6, 6.07) is 13.6. The van der Waals surface area contributed by atoms with Gasteiger partial charge in [-0.05, 0) is 50.2 Å². The molecule has 0 aliphatic carbocycles. The van der Waals surface area contributed by atoms with Crippen LogP contribution in [0.25, 0.3) is 22.0 Å². The molecule has 0 atom stereocenters. The smallest absolute Gasteiger partial charge is 0.251 e. The van der Waals surface area contributed by atoms with E-state index in [1.165, 1.54) is 0 Å². The Morgan fingerprint density at radius 2 is 1.84 bits per heavy atom. The molecular weight excluding hydrogens is 426 g/mol. The van der Waals surface area contributed by atoms with E-state index in [0.717, 1.165) is 22.2 Å². The fourth-order valence-electron chi connectivity index (χ4n) is 4.28. The number of nitrogens with one attached hydrogen (secondary N) is 1. The van der Waals surface area contributed by atoms with Crippen molar-refractivity contribution in [3.05, 3.63) is 53.7 Å². The second kappa shape index (κ2) is 9.01. The molecule has 0 spiro atoms. The van der Waals surface area contributed by atoms with E-state index in [1.807, 2.05) is 55.4 Å². The van der Waals surface area contributed by atoms with Crippen LogP contribution in [0.3, 0.4) is 0 Å². The number of piperidine rings is 1. The van der Waals surface area contributed by atoms with E-state index < -0.39 is 15.9 Å². The Bertz CT molecular complexity index is 1210. The number of rotatable bonds is 7. The molecule has 1 amide bonds. The van der Waals surface area contributed by atoms with E-state index in [0.29, 0.717) is 43.6 Å². The van der Waals surface area contributed by atoms with Gasteiger partial charge in [0, 0.05) is 36.6 Å². The molecule has 8 nitrogen and oxygen atoms in total. The van der Waals surface area contributed by atoms with Gasteiger partial charge in [0.2, 0.25) is 10.0 Å². The summed E-state index contributed by atoms with van der Waals surface area (Å²) in [7, 11) is 0.471. The number of nitrogens with zero attached hydrogens (tertiary/aromatic N) is 3. The van der Waals surface area contributed by atoms with E-state index in [-0.39, 0.29) is 11.7 Å². The molecule has 2 heterocycles. The van der Waals surface area contributed by atoms with Crippen LogP contribution in [0.5, 0.6) is 0 Å². The molecular formula is C23H29N5O3S. The Hall–Kier alpha value is -2.75. The molecule has 3 N–H and O–H groups in total. The standard InChI is InChI=1S/C23H29N5O3S/c1-27(2)12-13-32(30,31)28-10-8-17(9-11-28)21-19-14-18(16-6-4-3-5-7-16)15-20(23(24)29)22(19)26-25-21/h3-7,14-15,17H,8-13H2,1-2H3,(H2,24,29)(H,25,26). The van der Waals surface area contributed by atoms with Gasteiger partial charge in [0.1, 0.15) is 5.52 Å². The van der Waals surface area contributed by atoms with Crippen LogP contribution in [0.4, 0.5) is 0 Å². The van der Waals surface area contributed by atoms with Crippen LogP contribution in [0.2, 0.25) is 0 Å². The number of aromatic nitrogens is 2. The van der Waals surface area contributed by atoms with Gasteiger partial charge in [0.05, 0.1) is 11.3 Å². The van der Waals surface area contributed by atoms with Crippen molar-refractivity contribution in [3.8, 4) is 11.1 Å². The summed E-state index contributed by atoms with van der Waals surface area (Å²) in [5, 5.41) is 8.39. The number of amides is 1. The van der Waals surface area contributed by atoms with Gasteiger partial charge in [-0.2, -0.15) is 5.10 Å². The first-order valence-electron chi connectivity index (χ1n) is 10.8. The number of hydrogen-bond donors (Lipinski definition) is 2. The quantitative estimate of drug-likeness (QED) is 0.568. The fraction of sp³-hybridized carbons (Fsp3) is 0.391. The average molecular weight is 456 g/mol. The first-order chi connectivity index (χ1) is 15.3. The molecule has 4 rings (SSSR count). The number of fused-ring (bicyclic) bond motifs is 1. The SMILES string of the molecule is CN(C)CCS(=O)(=O)N1CCC(c2[nH]nc3c(C(N)=O)cc(-c4ccccc4)cc23)CC1. The number of H-pyrrole nitrogens is 1. The Labute approximate surface area is 188 Å². The lowest BCUT2D eigenvalue weighted by Crippen LogP contribution is -2.41. The van der Waals surface area contributed by atoms with Gasteiger partial charge in [-0.15, -0.1) is 0 Å². The number of carbonyl (C=O) groups is 1. The largest absolute Gasteiger partial charge is 0.366 e. The molecule has 2 aromatic carbocycles. The van der Waals surface area contributed by atoms with Gasteiger partial charge in [-0.25, -0.2) is 12.7 Å². The Morgan fingerprint density at radius 3 is 2.47 bits per heavy atom. The molecule has 170 valence electrons. The topological polar surface area (TPSA) is 112 Å². The average Bonchev–Trinajstić information content (AvgIpc) is 3.21. The monoisotopic (exact) mass is 455 g/mol. The third kappa shape index (κ3) is 4.55. The van der Waals surface area contributed by atoms with Crippen molar-refractivity contribution in [2.45, 2.75) is 18.8 Å². The van der Waals surface area contributed by atoms with E-state index in [2.05, 4.69) is 10.2 Å². The zero-order valence-corrected chi connectivity index (χ0v) is 19.2. The van der Waals surface area contributed by atoms with Crippen molar-refractivity contribution in [2.75, 3.05) is 39.5 Å². The van der Waals surface area contributed by atoms with Crippen LogP contribution in [0.1, 0.15) is 34.8 Å². The summed E-state index contributed by atoms with van der Waals surface area (Å²) in [6.45, 7) is 1.45.